The van der Waals surface area contributed by atoms with Crippen LogP contribution in [0.2, 0.25) is 0 Å². The summed E-state index contributed by atoms with van der Waals surface area (Å²) < 4.78 is 5.58. The van der Waals surface area contributed by atoms with Gasteiger partial charge in [0.2, 0.25) is 5.89 Å². The smallest absolute Gasteiger partial charge is 0.208 e. The molecule has 1 N–H and O–H groups in total. The largest absolute Gasteiger partial charge is 0.444 e. The monoisotopic (exact) mass is 236 g/mol. The highest BCUT2D eigenvalue weighted by Gasteiger charge is 2.20. The van der Waals surface area contributed by atoms with Gasteiger partial charge in [-0.05, 0) is 39.5 Å². The van der Waals surface area contributed by atoms with Crippen molar-refractivity contribution in [3.05, 3.63) is 17.3 Å². The zero-order chi connectivity index (χ0) is 12.3. The first-order chi connectivity index (χ1) is 8.16. The highest BCUT2D eigenvalue weighted by atomic mass is 16.4. The lowest BCUT2D eigenvalue weighted by atomic mass is 9.84. The third-order valence-electron chi connectivity index (χ3n) is 4.01. The van der Waals surface area contributed by atoms with Gasteiger partial charge in [0.25, 0.3) is 0 Å². The van der Waals surface area contributed by atoms with Crippen LogP contribution in [-0.2, 0) is 6.54 Å². The first kappa shape index (κ1) is 12.6. The SMILES string of the molecule is Cc1nc(CN[C@@H](C)C2CCCCC2)oc1C. The third kappa shape index (κ3) is 3.32. The summed E-state index contributed by atoms with van der Waals surface area (Å²) in [4.78, 5) is 4.40. The van der Waals surface area contributed by atoms with E-state index in [0.29, 0.717) is 6.04 Å². The van der Waals surface area contributed by atoms with Gasteiger partial charge in [-0.15, -0.1) is 0 Å². The number of hydrogen-bond acceptors (Lipinski definition) is 3. The van der Waals surface area contributed by atoms with Crippen LogP contribution < -0.4 is 5.32 Å². The van der Waals surface area contributed by atoms with Gasteiger partial charge in [-0.1, -0.05) is 19.3 Å². The highest BCUT2D eigenvalue weighted by molar-refractivity contribution is 5.05. The first-order valence-corrected chi connectivity index (χ1v) is 6.83. The van der Waals surface area contributed by atoms with Crippen LogP contribution in [0.3, 0.4) is 0 Å². The van der Waals surface area contributed by atoms with E-state index < -0.39 is 0 Å². The number of rotatable bonds is 4. The maximum atomic E-state index is 5.58. The van der Waals surface area contributed by atoms with Gasteiger partial charge in [0.05, 0.1) is 12.2 Å². The summed E-state index contributed by atoms with van der Waals surface area (Å²) in [7, 11) is 0. The van der Waals surface area contributed by atoms with Crippen molar-refractivity contribution in [2.24, 2.45) is 5.92 Å². The van der Waals surface area contributed by atoms with Gasteiger partial charge < -0.3 is 9.73 Å². The molecule has 2 rings (SSSR count). The van der Waals surface area contributed by atoms with Gasteiger partial charge >= 0.3 is 0 Å². The van der Waals surface area contributed by atoms with Crippen LogP contribution in [0.15, 0.2) is 4.42 Å². The number of oxazole rings is 1. The number of nitrogens with one attached hydrogen (secondary N) is 1. The average Bonchev–Trinajstić information content (AvgIpc) is 2.67. The molecule has 0 spiro atoms. The molecular formula is C14H24N2O. The van der Waals surface area contributed by atoms with E-state index in [1.165, 1.54) is 32.1 Å². The van der Waals surface area contributed by atoms with E-state index in [1.807, 2.05) is 13.8 Å². The molecule has 1 heterocycles. The number of hydrogen-bond donors (Lipinski definition) is 1. The Morgan fingerprint density at radius 3 is 2.59 bits per heavy atom. The van der Waals surface area contributed by atoms with E-state index in [1.54, 1.807) is 0 Å². The number of nitrogens with zero attached hydrogens (tertiary/aromatic N) is 1. The summed E-state index contributed by atoms with van der Waals surface area (Å²) in [6.45, 7) is 7.01. The maximum Gasteiger partial charge on any atom is 0.208 e. The molecule has 96 valence electrons. The second kappa shape index (κ2) is 5.67. The fraction of sp³-hybridized carbons (Fsp3) is 0.786. The fourth-order valence-corrected chi connectivity index (χ4v) is 2.66. The zero-order valence-electron chi connectivity index (χ0n) is 11.3. The lowest BCUT2D eigenvalue weighted by Gasteiger charge is -2.28. The summed E-state index contributed by atoms with van der Waals surface area (Å²) in [6.07, 6.45) is 6.96. The molecule has 0 aromatic carbocycles. The van der Waals surface area contributed by atoms with Crippen LogP contribution in [0.4, 0.5) is 0 Å². The molecule has 1 aromatic rings. The van der Waals surface area contributed by atoms with Crippen LogP contribution in [-0.4, -0.2) is 11.0 Å². The van der Waals surface area contributed by atoms with E-state index >= 15 is 0 Å². The molecule has 0 aliphatic heterocycles. The molecule has 3 nitrogen and oxygen atoms in total. The Balaban J connectivity index is 1.80. The Morgan fingerprint density at radius 1 is 1.29 bits per heavy atom. The molecule has 0 amide bonds. The van der Waals surface area contributed by atoms with E-state index in [4.69, 9.17) is 4.42 Å². The molecule has 1 fully saturated rings. The lowest BCUT2D eigenvalue weighted by molar-refractivity contribution is 0.274. The van der Waals surface area contributed by atoms with Crippen molar-refractivity contribution in [3.8, 4) is 0 Å². The molecule has 17 heavy (non-hydrogen) atoms. The van der Waals surface area contributed by atoms with Crippen molar-refractivity contribution < 1.29 is 4.42 Å². The summed E-state index contributed by atoms with van der Waals surface area (Å²) in [5.74, 6) is 2.59. The van der Waals surface area contributed by atoms with Crippen molar-refractivity contribution in [1.29, 1.82) is 0 Å². The number of aryl methyl sites for hydroxylation is 2. The van der Waals surface area contributed by atoms with E-state index in [-0.39, 0.29) is 0 Å². The third-order valence-corrected chi connectivity index (χ3v) is 4.01. The van der Waals surface area contributed by atoms with Crippen molar-refractivity contribution in [2.45, 2.75) is 65.5 Å². The minimum Gasteiger partial charge on any atom is -0.444 e. The van der Waals surface area contributed by atoms with Crippen molar-refractivity contribution in [1.82, 2.24) is 10.3 Å². The van der Waals surface area contributed by atoms with Gasteiger partial charge in [0.15, 0.2) is 0 Å². The van der Waals surface area contributed by atoms with Crippen molar-refractivity contribution in [3.63, 3.8) is 0 Å². The number of aromatic nitrogens is 1. The van der Waals surface area contributed by atoms with Crippen LogP contribution in [0.5, 0.6) is 0 Å². The predicted molar refractivity (Wildman–Crippen MR) is 68.9 cm³/mol. The fourth-order valence-electron chi connectivity index (χ4n) is 2.66. The van der Waals surface area contributed by atoms with E-state index in [0.717, 1.165) is 29.8 Å². The summed E-state index contributed by atoms with van der Waals surface area (Å²) in [5, 5.41) is 3.55. The Labute approximate surface area is 104 Å². The van der Waals surface area contributed by atoms with Crippen LogP contribution in [0, 0.1) is 19.8 Å². The topological polar surface area (TPSA) is 38.1 Å². The molecule has 1 aliphatic carbocycles. The Morgan fingerprint density at radius 2 is 2.00 bits per heavy atom. The van der Waals surface area contributed by atoms with Crippen LogP contribution >= 0.6 is 0 Å². The molecule has 1 aromatic heterocycles. The van der Waals surface area contributed by atoms with Gasteiger partial charge in [-0.25, -0.2) is 4.98 Å². The van der Waals surface area contributed by atoms with Crippen molar-refractivity contribution >= 4 is 0 Å². The quantitative estimate of drug-likeness (QED) is 0.871. The first-order valence-electron chi connectivity index (χ1n) is 6.83. The van der Waals surface area contributed by atoms with Gasteiger partial charge in [0.1, 0.15) is 5.76 Å². The van der Waals surface area contributed by atoms with Crippen LogP contribution in [0.25, 0.3) is 0 Å². The summed E-state index contributed by atoms with van der Waals surface area (Å²) in [5.41, 5.74) is 1.01. The van der Waals surface area contributed by atoms with Gasteiger partial charge in [-0.2, -0.15) is 0 Å². The van der Waals surface area contributed by atoms with E-state index in [9.17, 15) is 0 Å². The van der Waals surface area contributed by atoms with Crippen LogP contribution in [0.1, 0.15) is 56.4 Å². The molecule has 1 aliphatic rings. The standard InChI is InChI=1S/C14H24N2O/c1-10-12(3)17-14(16-10)9-15-11(2)13-7-5-4-6-8-13/h11,13,15H,4-9H2,1-3H3/t11-/m0/s1. The molecule has 0 saturated heterocycles. The van der Waals surface area contributed by atoms with E-state index in [2.05, 4.69) is 17.2 Å². The highest BCUT2D eigenvalue weighted by Crippen LogP contribution is 2.26. The second-order valence-electron chi connectivity index (χ2n) is 5.32. The molecule has 0 bridgehead atoms. The molecule has 3 heteroatoms. The normalized spacial score (nSPS) is 19.5. The molecular weight excluding hydrogens is 212 g/mol. The Kier molecular flexibility index (Phi) is 4.21. The molecule has 0 unspecified atom stereocenters. The lowest BCUT2D eigenvalue weighted by Crippen LogP contribution is -2.34. The minimum atomic E-state index is 0.572. The molecule has 1 atom stereocenters. The maximum absolute atomic E-state index is 5.58. The Bertz CT molecular complexity index is 334. The average molecular weight is 236 g/mol. The molecule has 1 saturated carbocycles. The molecule has 0 radical (unpaired) electrons. The minimum absolute atomic E-state index is 0.572. The van der Waals surface area contributed by atoms with Gasteiger partial charge in [-0.3, -0.25) is 0 Å². The Hall–Kier alpha value is -0.830. The van der Waals surface area contributed by atoms with Crippen molar-refractivity contribution in [2.75, 3.05) is 0 Å². The zero-order valence-corrected chi connectivity index (χ0v) is 11.3. The summed E-state index contributed by atoms with van der Waals surface area (Å²) in [6, 6.07) is 0.572. The predicted octanol–water partition coefficient (Wildman–Crippen LogP) is 3.35. The summed E-state index contributed by atoms with van der Waals surface area (Å²) >= 11 is 0. The second-order valence-corrected chi connectivity index (χ2v) is 5.32. The van der Waals surface area contributed by atoms with Gasteiger partial charge in [0, 0.05) is 6.04 Å².